The van der Waals surface area contributed by atoms with Crippen LogP contribution in [0.1, 0.15) is 145 Å². The van der Waals surface area contributed by atoms with Crippen molar-refractivity contribution in [3.8, 4) is 67.9 Å². The van der Waals surface area contributed by atoms with Crippen LogP contribution in [0.4, 0.5) is 30.2 Å². The molecule has 32 heteroatoms. The lowest BCUT2D eigenvalue weighted by atomic mass is 9.96. The number of rotatable bonds is 31. The number of sulfonamides is 2. The zero-order valence-corrected chi connectivity index (χ0v) is 70.8. The number of H-pyrrole nitrogens is 3. The second-order valence-corrected chi connectivity index (χ2v) is 36.3. The van der Waals surface area contributed by atoms with Crippen molar-refractivity contribution in [1.29, 1.82) is 0 Å². The number of amides is 3. The quantitative estimate of drug-likeness (QED) is 0.0200. The van der Waals surface area contributed by atoms with E-state index in [4.69, 9.17) is 14.2 Å². The highest BCUT2D eigenvalue weighted by Crippen LogP contribution is 2.45. The van der Waals surface area contributed by atoms with Gasteiger partial charge in [-0.1, -0.05) is 52.0 Å². The molecular formula is C89H90F3N11O15S3. The molecule has 0 aliphatic carbocycles. The van der Waals surface area contributed by atoms with Crippen LogP contribution in [0.15, 0.2) is 183 Å². The van der Waals surface area contributed by atoms with Gasteiger partial charge in [0.1, 0.15) is 62.4 Å². The maximum atomic E-state index is 16.8. The van der Waals surface area contributed by atoms with Crippen LogP contribution in [0.5, 0.6) is 34.5 Å². The monoisotopic (exact) mass is 1710 g/mol. The van der Waals surface area contributed by atoms with Gasteiger partial charge in [-0.15, -0.1) is 0 Å². The summed E-state index contributed by atoms with van der Waals surface area (Å²) >= 11 is 0. The van der Waals surface area contributed by atoms with E-state index in [-0.39, 0.29) is 144 Å². The van der Waals surface area contributed by atoms with E-state index in [1.807, 2.05) is 12.1 Å². The predicted octanol–water partition coefficient (Wildman–Crippen LogP) is 16.6. The summed E-state index contributed by atoms with van der Waals surface area (Å²) in [4.78, 5) is 89.7. The Bertz CT molecular complexity index is 6850. The van der Waals surface area contributed by atoms with Crippen molar-refractivity contribution in [2.24, 2.45) is 21.1 Å². The number of ether oxygens (including phenoxy) is 3. The second kappa shape index (κ2) is 34.8. The molecule has 26 nitrogen and oxygen atoms in total. The zero-order valence-electron chi connectivity index (χ0n) is 68.3. The summed E-state index contributed by atoms with van der Waals surface area (Å²) in [5.41, 5.74) is 4.12. The number of aromatic nitrogens is 6. The molecule has 6 heterocycles. The molecule has 0 saturated heterocycles. The number of hydrogen-bond acceptors (Lipinski definition) is 15. The number of pyridine rings is 3. The normalized spacial score (nSPS) is 12.4. The van der Waals surface area contributed by atoms with Gasteiger partial charge < -0.3 is 58.8 Å². The molecule has 3 amide bonds. The molecule has 0 radical (unpaired) electrons. The fourth-order valence-electron chi connectivity index (χ4n) is 14.5. The first-order chi connectivity index (χ1) is 57.4. The summed E-state index contributed by atoms with van der Waals surface area (Å²) in [6.07, 6.45) is 4.78. The molecule has 7 aromatic carbocycles. The second-order valence-electron chi connectivity index (χ2n) is 30.4. The minimum absolute atomic E-state index is 0.000576. The maximum absolute atomic E-state index is 16.8. The largest absolute Gasteiger partial charge is 0.456 e. The van der Waals surface area contributed by atoms with Crippen LogP contribution in [-0.2, 0) is 51.0 Å². The molecule has 2 unspecified atom stereocenters. The van der Waals surface area contributed by atoms with Crippen molar-refractivity contribution in [2.45, 2.75) is 104 Å². The van der Waals surface area contributed by atoms with Gasteiger partial charge in [0.2, 0.25) is 20.0 Å². The lowest BCUT2D eigenvalue weighted by Gasteiger charge is -2.18. The van der Waals surface area contributed by atoms with Gasteiger partial charge in [0, 0.05) is 119 Å². The number of hydrogen-bond donors (Lipinski definition) is 8. The van der Waals surface area contributed by atoms with Crippen molar-refractivity contribution < 1.29 is 67.0 Å². The SMILES string of the molecule is CCNC(=O)c1cc2c(-c3cc(NS(=O)(=O)CC)ccc3Oc3ccc(C(C)CCS(=O)(=O)c4ccc(Oc5ccc(C(C)CCCS(=O)(=O)Nc6ccc(Oc7c(C)cc(F)cc7C)c(-c7cn(C)c(=O)c8[nH]c(C(=O)Nc9ccc(C(C)C)cc9)cc78)c6)cc5F)c(-c5cn(C)c(=O)c6[nH]c(C(=O)NCC)cc56)c4)cc3F)cn(C)c(=O)c2[nH]1. The fourth-order valence-corrected chi connectivity index (χ4v) is 17.8. The van der Waals surface area contributed by atoms with Crippen molar-refractivity contribution in [1.82, 2.24) is 39.3 Å². The number of aromatic amines is 3. The van der Waals surface area contributed by atoms with Crippen LogP contribution in [0.25, 0.3) is 66.1 Å². The molecule has 0 aliphatic rings. The highest BCUT2D eigenvalue weighted by molar-refractivity contribution is 7.93. The summed E-state index contributed by atoms with van der Waals surface area (Å²) in [5, 5.41) is 9.10. The van der Waals surface area contributed by atoms with Crippen LogP contribution in [-0.4, -0.2) is 102 Å². The Morgan fingerprint density at radius 2 is 0.835 bits per heavy atom. The fraction of sp³-hybridized carbons (Fsp3) is 0.258. The molecule has 121 heavy (non-hydrogen) atoms. The van der Waals surface area contributed by atoms with E-state index in [2.05, 4.69) is 54.2 Å². The predicted molar refractivity (Wildman–Crippen MR) is 464 cm³/mol. The van der Waals surface area contributed by atoms with Crippen LogP contribution in [0.2, 0.25) is 0 Å². The highest BCUT2D eigenvalue weighted by atomic mass is 32.2. The molecule has 13 aromatic rings. The van der Waals surface area contributed by atoms with Gasteiger partial charge in [0.15, 0.2) is 33.0 Å². The number of fused-ring (bicyclic) bond motifs is 3. The van der Waals surface area contributed by atoms with E-state index in [0.29, 0.717) is 67.7 Å². The average Bonchev–Trinajstić information content (AvgIpc) is 1.70. The Morgan fingerprint density at radius 1 is 0.438 bits per heavy atom. The Morgan fingerprint density at radius 3 is 1.27 bits per heavy atom. The van der Waals surface area contributed by atoms with Crippen LogP contribution >= 0.6 is 0 Å². The van der Waals surface area contributed by atoms with Crippen molar-refractivity contribution >= 4 is 97.4 Å². The molecule has 8 N–H and O–H groups in total. The van der Waals surface area contributed by atoms with Crippen LogP contribution in [0, 0.1) is 31.3 Å². The molecule has 13 rings (SSSR count). The lowest BCUT2D eigenvalue weighted by molar-refractivity contribution is 0.0943. The number of halogens is 3. The molecule has 6 aromatic heterocycles. The topological polar surface area (TPSA) is 355 Å². The van der Waals surface area contributed by atoms with Gasteiger partial charge in [0.25, 0.3) is 34.4 Å². The first-order valence-electron chi connectivity index (χ1n) is 39.1. The summed E-state index contributed by atoms with van der Waals surface area (Å²) in [5.74, 6) is -5.57. The van der Waals surface area contributed by atoms with Gasteiger partial charge in [0.05, 0.1) is 22.2 Å². The van der Waals surface area contributed by atoms with Gasteiger partial charge in [-0.05, 0) is 221 Å². The van der Waals surface area contributed by atoms with Gasteiger partial charge in [-0.25, -0.2) is 38.4 Å². The minimum Gasteiger partial charge on any atom is -0.456 e. The molecule has 0 saturated carbocycles. The molecule has 0 bridgehead atoms. The molecule has 630 valence electrons. The number of nitrogens with zero attached hydrogens (tertiary/aromatic N) is 3. The van der Waals surface area contributed by atoms with Crippen molar-refractivity contribution in [3.63, 3.8) is 0 Å². The minimum atomic E-state index is -4.26. The third-order valence-corrected chi connectivity index (χ3v) is 25.6. The standard InChI is InChI=1S/C89H90F3N11O15S3/c1-13-93-84(104)72-42-64-67(45-101(10)87(107)80(64)96-72)61-39-58(99-120(112,113)15-3)24-29-75(61)116-78-28-21-55(38-71(78)92)50(7)32-34-119(110,111)60-26-31-76(63(41-60)69-47-103(12)88(108)81-65(69)43-73(97-81)85(105)94-14-2)117-79-27-20-54(37-70(79)91)49(6)17-16-33-121(114,115)100-59-25-30-77(118-83-51(8)35-56(90)36-52(83)9)62(40-59)68-46-102(11)89(109)82-66(68)44-74(98-82)86(106)95-57-22-18-53(19-23-57)48(4)5/h18-31,35-50,96-100H,13-17,32-34H2,1-12H3,(H,93,104)(H,94,105)(H,95,106). The van der Waals surface area contributed by atoms with E-state index in [9.17, 15) is 58.4 Å². The van der Waals surface area contributed by atoms with E-state index in [0.717, 1.165) is 5.56 Å². The third-order valence-electron chi connectivity index (χ3n) is 21.2. The van der Waals surface area contributed by atoms with Gasteiger partial charge in [-0.3, -0.25) is 38.2 Å². The molecular weight excluding hydrogens is 1620 g/mol. The average molecular weight is 1710 g/mol. The Balaban J connectivity index is 0.731. The first-order valence-corrected chi connectivity index (χ1v) is 44.1. The number of nitrogens with one attached hydrogen (secondary N) is 8. The number of benzene rings is 7. The number of carbonyl (C=O) groups is 3. The summed E-state index contributed by atoms with van der Waals surface area (Å²) in [6, 6.07) is 35.8. The third kappa shape index (κ3) is 18.6. The Labute approximate surface area is 695 Å². The van der Waals surface area contributed by atoms with Crippen molar-refractivity contribution in [3.05, 3.63) is 258 Å². The van der Waals surface area contributed by atoms with E-state index >= 15 is 8.78 Å². The number of carbonyl (C=O) groups excluding carboxylic acids is 3. The number of anilines is 3. The van der Waals surface area contributed by atoms with Gasteiger partial charge >= 0.3 is 0 Å². The molecule has 0 spiro atoms. The van der Waals surface area contributed by atoms with E-state index in [1.54, 1.807) is 84.1 Å². The zero-order chi connectivity index (χ0) is 87.0. The summed E-state index contributed by atoms with van der Waals surface area (Å²) in [6.45, 7) is 16.4. The maximum Gasteiger partial charge on any atom is 0.274 e. The lowest BCUT2D eigenvalue weighted by Crippen LogP contribution is -2.23. The Kier molecular flexibility index (Phi) is 24.7. The summed E-state index contributed by atoms with van der Waals surface area (Å²) in [7, 11) is -7.71. The van der Waals surface area contributed by atoms with E-state index < -0.39 is 99.3 Å². The molecule has 0 fully saturated rings. The number of aryl methyl sites for hydroxylation is 5. The van der Waals surface area contributed by atoms with Crippen molar-refractivity contribution in [2.75, 3.05) is 45.1 Å². The van der Waals surface area contributed by atoms with Gasteiger partial charge in [-0.2, -0.15) is 0 Å². The Hall–Kier alpha value is -12.9. The smallest absolute Gasteiger partial charge is 0.274 e. The highest BCUT2D eigenvalue weighted by Gasteiger charge is 2.29. The number of sulfone groups is 1. The molecule has 0 aliphatic heterocycles. The van der Waals surface area contributed by atoms with Crippen LogP contribution in [0.3, 0.4) is 0 Å². The molecule has 2 atom stereocenters. The first kappa shape index (κ1) is 85.9. The summed E-state index contributed by atoms with van der Waals surface area (Å²) < 4.78 is 160. The van der Waals surface area contributed by atoms with E-state index in [1.165, 1.54) is 151 Å². The van der Waals surface area contributed by atoms with Crippen LogP contribution < -0.4 is 56.3 Å².